The molecule has 1 aliphatic rings. The summed E-state index contributed by atoms with van der Waals surface area (Å²) >= 11 is 6.01. The summed E-state index contributed by atoms with van der Waals surface area (Å²) in [5.41, 5.74) is 1.71. The molecule has 106 valence electrons. The van der Waals surface area contributed by atoms with Crippen LogP contribution in [0.25, 0.3) is 10.9 Å². The average Bonchev–Trinajstić information content (AvgIpc) is 2.79. The zero-order valence-corrected chi connectivity index (χ0v) is 12.2. The molecule has 2 aromatic rings. The van der Waals surface area contributed by atoms with Crippen LogP contribution in [0.2, 0.25) is 5.02 Å². The van der Waals surface area contributed by atoms with Crippen LogP contribution in [0.5, 0.6) is 0 Å². The molecule has 0 spiro atoms. The molecule has 0 bridgehead atoms. The van der Waals surface area contributed by atoms with E-state index in [2.05, 4.69) is 4.98 Å². The number of carbonyl (C=O) groups excluding carboxylic acids is 1. The highest BCUT2D eigenvalue weighted by molar-refractivity contribution is 6.31. The Morgan fingerprint density at radius 1 is 1.45 bits per heavy atom. The van der Waals surface area contributed by atoms with Crippen LogP contribution in [0.1, 0.15) is 36.5 Å². The fourth-order valence-electron chi connectivity index (χ4n) is 2.91. The lowest BCUT2D eigenvalue weighted by Crippen LogP contribution is -2.32. The minimum absolute atomic E-state index is 0.193. The summed E-state index contributed by atoms with van der Waals surface area (Å²) in [5, 5.41) is 1.58. The lowest BCUT2D eigenvalue weighted by Gasteiger charge is -2.34. The van der Waals surface area contributed by atoms with Crippen molar-refractivity contribution in [2.45, 2.75) is 32.3 Å². The summed E-state index contributed by atoms with van der Waals surface area (Å²) < 4.78 is 5.53. The van der Waals surface area contributed by atoms with Crippen molar-refractivity contribution in [3.8, 4) is 0 Å². The zero-order valence-electron chi connectivity index (χ0n) is 11.5. The van der Waals surface area contributed by atoms with Gasteiger partial charge in [-0.3, -0.25) is 4.79 Å². The zero-order chi connectivity index (χ0) is 14.1. The number of aromatic amines is 1. The van der Waals surface area contributed by atoms with E-state index in [-0.39, 0.29) is 5.78 Å². The first-order valence-corrected chi connectivity index (χ1v) is 7.46. The van der Waals surface area contributed by atoms with Gasteiger partial charge in [0.05, 0.1) is 6.10 Å². The number of rotatable bonds is 5. The standard InChI is InChI=1S/C16H18ClNO2/c1-2-20-12-5-10(6-12)7-16(19)14-9-18-15-4-3-11(17)8-13(14)15/h3-4,8-10,12,18H,2,5-7H2,1H3. The van der Waals surface area contributed by atoms with Gasteiger partial charge in [0.2, 0.25) is 0 Å². The Hall–Kier alpha value is -1.32. The fourth-order valence-corrected chi connectivity index (χ4v) is 3.08. The highest BCUT2D eigenvalue weighted by Gasteiger charge is 2.31. The number of hydrogen-bond donors (Lipinski definition) is 1. The summed E-state index contributed by atoms with van der Waals surface area (Å²) in [6.45, 7) is 2.76. The summed E-state index contributed by atoms with van der Waals surface area (Å²) in [6.07, 6.45) is 4.76. The van der Waals surface area contributed by atoms with Gasteiger partial charge in [0.1, 0.15) is 0 Å². The van der Waals surface area contributed by atoms with Gasteiger partial charge < -0.3 is 9.72 Å². The van der Waals surface area contributed by atoms with Crippen molar-refractivity contribution in [2.24, 2.45) is 5.92 Å². The number of fused-ring (bicyclic) bond motifs is 1. The van der Waals surface area contributed by atoms with Crippen LogP contribution >= 0.6 is 11.6 Å². The van der Waals surface area contributed by atoms with E-state index in [1.54, 1.807) is 6.20 Å². The molecule has 0 radical (unpaired) electrons. The number of Topliss-reactive ketones (excluding diaryl/α,β-unsaturated/α-hetero) is 1. The van der Waals surface area contributed by atoms with Crippen LogP contribution < -0.4 is 0 Å². The van der Waals surface area contributed by atoms with Crippen molar-refractivity contribution in [3.05, 3.63) is 35.0 Å². The third-order valence-electron chi connectivity index (χ3n) is 4.01. The van der Waals surface area contributed by atoms with Gasteiger partial charge in [0.15, 0.2) is 5.78 Å². The molecule has 0 amide bonds. The van der Waals surface area contributed by atoms with E-state index in [4.69, 9.17) is 16.3 Å². The molecule has 3 nitrogen and oxygen atoms in total. The average molecular weight is 292 g/mol. The summed E-state index contributed by atoms with van der Waals surface area (Å²) in [7, 11) is 0. The molecule has 1 aromatic carbocycles. The number of ether oxygens (including phenoxy) is 1. The number of nitrogens with one attached hydrogen (secondary N) is 1. The van der Waals surface area contributed by atoms with Gasteiger partial charge in [0, 0.05) is 40.7 Å². The van der Waals surface area contributed by atoms with Crippen LogP contribution in [0.4, 0.5) is 0 Å². The van der Waals surface area contributed by atoms with Gasteiger partial charge in [-0.15, -0.1) is 0 Å². The second kappa shape index (κ2) is 5.58. The number of hydrogen-bond acceptors (Lipinski definition) is 2. The Labute approximate surface area is 123 Å². The van der Waals surface area contributed by atoms with Gasteiger partial charge in [-0.2, -0.15) is 0 Å². The number of aromatic nitrogens is 1. The molecular weight excluding hydrogens is 274 g/mol. The molecule has 1 N–H and O–H groups in total. The van der Waals surface area contributed by atoms with Crippen molar-refractivity contribution in [1.82, 2.24) is 4.98 Å². The monoisotopic (exact) mass is 291 g/mol. The maximum absolute atomic E-state index is 12.4. The van der Waals surface area contributed by atoms with Crippen molar-refractivity contribution in [3.63, 3.8) is 0 Å². The quantitative estimate of drug-likeness (QED) is 0.839. The van der Waals surface area contributed by atoms with Gasteiger partial charge in [0.25, 0.3) is 0 Å². The van der Waals surface area contributed by atoms with E-state index in [1.807, 2.05) is 25.1 Å². The first-order chi connectivity index (χ1) is 9.67. The maximum Gasteiger partial charge on any atom is 0.165 e. The lowest BCUT2D eigenvalue weighted by molar-refractivity contribution is -0.0245. The highest BCUT2D eigenvalue weighted by atomic mass is 35.5. The number of ketones is 1. The van der Waals surface area contributed by atoms with Crippen LogP contribution in [0.15, 0.2) is 24.4 Å². The Morgan fingerprint density at radius 3 is 3.00 bits per heavy atom. The van der Waals surface area contributed by atoms with Crippen LogP contribution in [0, 0.1) is 5.92 Å². The van der Waals surface area contributed by atoms with Crippen molar-refractivity contribution in [1.29, 1.82) is 0 Å². The molecule has 1 fully saturated rings. The lowest BCUT2D eigenvalue weighted by atomic mass is 9.78. The van der Waals surface area contributed by atoms with Gasteiger partial charge >= 0.3 is 0 Å². The number of halogens is 1. The van der Waals surface area contributed by atoms with Crippen LogP contribution in [0.3, 0.4) is 0 Å². The van der Waals surface area contributed by atoms with E-state index in [0.29, 0.717) is 23.5 Å². The van der Waals surface area contributed by atoms with Gasteiger partial charge in [-0.05, 0) is 43.9 Å². The molecule has 0 saturated heterocycles. The fraction of sp³-hybridized carbons (Fsp3) is 0.438. The Bertz CT molecular complexity index is 628. The van der Waals surface area contributed by atoms with E-state index >= 15 is 0 Å². The van der Waals surface area contributed by atoms with E-state index in [9.17, 15) is 4.79 Å². The molecular formula is C16H18ClNO2. The summed E-state index contributed by atoms with van der Waals surface area (Å²) in [6, 6.07) is 5.58. The minimum Gasteiger partial charge on any atom is -0.378 e. The molecule has 1 saturated carbocycles. The van der Waals surface area contributed by atoms with Crippen molar-refractivity contribution < 1.29 is 9.53 Å². The number of benzene rings is 1. The first kappa shape index (κ1) is 13.7. The minimum atomic E-state index is 0.193. The maximum atomic E-state index is 12.4. The summed E-state index contributed by atoms with van der Waals surface area (Å²) in [4.78, 5) is 15.5. The van der Waals surface area contributed by atoms with Crippen molar-refractivity contribution in [2.75, 3.05) is 6.61 Å². The smallest absolute Gasteiger partial charge is 0.165 e. The molecule has 1 aromatic heterocycles. The Kier molecular flexibility index (Phi) is 3.81. The third kappa shape index (κ3) is 2.60. The third-order valence-corrected chi connectivity index (χ3v) is 4.25. The van der Waals surface area contributed by atoms with Crippen LogP contribution in [-0.2, 0) is 4.74 Å². The first-order valence-electron chi connectivity index (χ1n) is 7.08. The second-order valence-electron chi connectivity index (χ2n) is 5.43. The second-order valence-corrected chi connectivity index (χ2v) is 5.87. The molecule has 0 unspecified atom stereocenters. The largest absolute Gasteiger partial charge is 0.378 e. The molecule has 0 atom stereocenters. The molecule has 1 heterocycles. The SMILES string of the molecule is CCOC1CC(CC(=O)c2c[nH]c3ccc(Cl)cc23)C1. The molecule has 0 aliphatic heterocycles. The number of H-pyrrole nitrogens is 1. The van der Waals surface area contributed by atoms with E-state index < -0.39 is 0 Å². The molecule has 1 aliphatic carbocycles. The molecule has 20 heavy (non-hydrogen) atoms. The van der Waals surface area contributed by atoms with Crippen molar-refractivity contribution >= 4 is 28.3 Å². The Morgan fingerprint density at radius 2 is 2.25 bits per heavy atom. The topological polar surface area (TPSA) is 42.1 Å². The predicted octanol–water partition coefficient (Wildman–Crippen LogP) is 4.21. The van der Waals surface area contributed by atoms with E-state index in [1.165, 1.54) is 0 Å². The Balaban J connectivity index is 1.69. The van der Waals surface area contributed by atoms with Crippen LogP contribution in [-0.4, -0.2) is 23.5 Å². The predicted molar refractivity (Wildman–Crippen MR) is 80.4 cm³/mol. The highest BCUT2D eigenvalue weighted by Crippen LogP contribution is 2.34. The van der Waals surface area contributed by atoms with Gasteiger partial charge in [-0.25, -0.2) is 0 Å². The molecule has 4 heteroatoms. The molecule has 3 rings (SSSR count). The van der Waals surface area contributed by atoms with E-state index in [0.717, 1.165) is 35.9 Å². The van der Waals surface area contributed by atoms with Gasteiger partial charge in [-0.1, -0.05) is 11.6 Å². The normalized spacial score (nSPS) is 21.9. The summed E-state index contributed by atoms with van der Waals surface area (Å²) in [5.74, 6) is 0.654. The number of carbonyl (C=O) groups is 1.